The van der Waals surface area contributed by atoms with Crippen LogP contribution >= 0.6 is 0 Å². The van der Waals surface area contributed by atoms with E-state index in [1.54, 1.807) is 0 Å². The summed E-state index contributed by atoms with van der Waals surface area (Å²) in [6.07, 6.45) is 0. The third kappa shape index (κ3) is 1.21. The molecule has 0 radical (unpaired) electrons. The van der Waals surface area contributed by atoms with Gasteiger partial charge in [-0.2, -0.15) is 5.10 Å². The number of rotatable bonds is 1. The van der Waals surface area contributed by atoms with E-state index in [0.717, 1.165) is 11.1 Å². The van der Waals surface area contributed by atoms with Crippen molar-refractivity contribution in [2.45, 2.75) is 13.5 Å². The highest BCUT2D eigenvalue weighted by atomic mass is 15.3. The fourth-order valence-electron chi connectivity index (χ4n) is 1.50. The number of aryl methyl sites for hydroxylation is 2. The minimum Gasteiger partial charge on any atom is -0.326 e. The molecule has 3 nitrogen and oxygen atoms in total. The van der Waals surface area contributed by atoms with E-state index < -0.39 is 0 Å². The molecular weight excluding hydrogens is 162 g/mol. The summed E-state index contributed by atoms with van der Waals surface area (Å²) in [7, 11) is 1.96. The van der Waals surface area contributed by atoms with Gasteiger partial charge >= 0.3 is 0 Å². The summed E-state index contributed by atoms with van der Waals surface area (Å²) in [5.74, 6) is 0. The Morgan fingerprint density at radius 2 is 2.23 bits per heavy atom. The van der Waals surface area contributed by atoms with Crippen LogP contribution < -0.4 is 5.73 Å². The Bertz CT molecular complexity index is 443. The van der Waals surface area contributed by atoms with E-state index in [-0.39, 0.29) is 0 Å². The first-order valence-electron chi connectivity index (χ1n) is 4.34. The molecule has 0 bridgehead atoms. The number of hydrogen-bond donors (Lipinski definition) is 1. The zero-order valence-electron chi connectivity index (χ0n) is 7.91. The number of fused-ring (bicyclic) bond motifs is 1. The van der Waals surface area contributed by atoms with Gasteiger partial charge in [-0.3, -0.25) is 4.68 Å². The van der Waals surface area contributed by atoms with Crippen LogP contribution in [0.5, 0.6) is 0 Å². The smallest absolute Gasteiger partial charge is 0.0929 e. The zero-order chi connectivity index (χ0) is 9.42. The van der Waals surface area contributed by atoms with Crippen LogP contribution in [0, 0.1) is 6.92 Å². The Morgan fingerprint density at radius 1 is 1.46 bits per heavy atom. The standard InChI is InChI=1S/C10H13N3/c1-7-9-4-3-8(6-11)5-10(9)12-13(7)2/h3-5H,6,11H2,1-2H3. The second-order valence-corrected chi connectivity index (χ2v) is 3.26. The number of hydrogen-bond acceptors (Lipinski definition) is 2. The van der Waals surface area contributed by atoms with E-state index in [1.807, 2.05) is 17.8 Å². The van der Waals surface area contributed by atoms with Crippen LogP contribution in [0.1, 0.15) is 11.3 Å². The van der Waals surface area contributed by atoms with Crippen molar-refractivity contribution >= 4 is 10.9 Å². The minimum atomic E-state index is 0.575. The number of benzene rings is 1. The third-order valence-corrected chi connectivity index (χ3v) is 2.43. The number of aromatic nitrogens is 2. The van der Waals surface area contributed by atoms with Gasteiger partial charge in [0.05, 0.1) is 5.52 Å². The molecule has 1 heterocycles. The lowest BCUT2D eigenvalue weighted by Crippen LogP contribution is -1.95. The van der Waals surface area contributed by atoms with E-state index in [1.165, 1.54) is 11.1 Å². The van der Waals surface area contributed by atoms with Gasteiger partial charge in [0, 0.05) is 24.7 Å². The van der Waals surface area contributed by atoms with Crippen LogP contribution in [0.4, 0.5) is 0 Å². The van der Waals surface area contributed by atoms with Crippen molar-refractivity contribution in [3.63, 3.8) is 0 Å². The van der Waals surface area contributed by atoms with Gasteiger partial charge in [0.1, 0.15) is 0 Å². The second kappa shape index (κ2) is 2.85. The highest BCUT2D eigenvalue weighted by Gasteiger charge is 2.03. The van der Waals surface area contributed by atoms with E-state index in [9.17, 15) is 0 Å². The summed E-state index contributed by atoms with van der Waals surface area (Å²) in [6.45, 7) is 2.64. The molecular formula is C10H13N3. The van der Waals surface area contributed by atoms with Crippen LogP contribution in [0.25, 0.3) is 10.9 Å². The molecule has 2 N–H and O–H groups in total. The summed E-state index contributed by atoms with van der Waals surface area (Å²) in [5.41, 5.74) is 8.90. The Morgan fingerprint density at radius 3 is 2.92 bits per heavy atom. The van der Waals surface area contributed by atoms with Gasteiger partial charge in [-0.1, -0.05) is 12.1 Å². The summed E-state index contributed by atoms with van der Waals surface area (Å²) in [5, 5.41) is 5.59. The zero-order valence-corrected chi connectivity index (χ0v) is 7.91. The first kappa shape index (κ1) is 8.26. The number of nitrogens with two attached hydrogens (primary N) is 1. The van der Waals surface area contributed by atoms with Crippen LogP contribution in [0.15, 0.2) is 18.2 Å². The summed E-state index contributed by atoms with van der Waals surface area (Å²) >= 11 is 0. The first-order valence-corrected chi connectivity index (χ1v) is 4.34. The van der Waals surface area contributed by atoms with E-state index >= 15 is 0 Å². The van der Waals surface area contributed by atoms with Crippen molar-refractivity contribution in [3.05, 3.63) is 29.5 Å². The fourth-order valence-corrected chi connectivity index (χ4v) is 1.50. The second-order valence-electron chi connectivity index (χ2n) is 3.26. The lowest BCUT2D eigenvalue weighted by Gasteiger charge is -1.95. The van der Waals surface area contributed by atoms with Gasteiger partial charge in [0.25, 0.3) is 0 Å². The normalized spacial score (nSPS) is 11.0. The highest BCUT2D eigenvalue weighted by molar-refractivity contribution is 5.81. The lowest BCUT2D eigenvalue weighted by molar-refractivity contribution is 0.751. The molecule has 0 amide bonds. The van der Waals surface area contributed by atoms with Crippen LogP contribution in [-0.4, -0.2) is 9.78 Å². The van der Waals surface area contributed by atoms with E-state index in [0.29, 0.717) is 6.54 Å². The molecule has 0 spiro atoms. The molecule has 0 aliphatic rings. The average Bonchev–Trinajstić information content (AvgIpc) is 2.42. The van der Waals surface area contributed by atoms with Crippen molar-refractivity contribution in [2.75, 3.05) is 0 Å². The average molecular weight is 175 g/mol. The molecule has 2 aromatic rings. The van der Waals surface area contributed by atoms with Gasteiger partial charge < -0.3 is 5.73 Å². The lowest BCUT2D eigenvalue weighted by atomic mass is 10.1. The minimum absolute atomic E-state index is 0.575. The molecule has 0 aliphatic carbocycles. The molecule has 13 heavy (non-hydrogen) atoms. The summed E-state index contributed by atoms with van der Waals surface area (Å²) < 4.78 is 1.89. The summed E-state index contributed by atoms with van der Waals surface area (Å²) in [4.78, 5) is 0. The first-order chi connectivity index (χ1) is 6.22. The predicted octanol–water partition coefficient (Wildman–Crippen LogP) is 1.34. The van der Waals surface area contributed by atoms with Crippen LogP contribution in [0.2, 0.25) is 0 Å². The monoisotopic (exact) mass is 175 g/mol. The Kier molecular flexibility index (Phi) is 1.81. The molecule has 1 aromatic carbocycles. The third-order valence-electron chi connectivity index (χ3n) is 2.43. The van der Waals surface area contributed by atoms with E-state index in [2.05, 4.69) is 24.2 Å². The van der Waals surface area contributed by atoms with Crippen LogP contribution in [-0.2, 0) is 13.6 Å². The largest absolute Gasteiger partial charge is 0.326 e. The molecule has 0 atom stereocenters. The molecule has 0 fully saturated rings. The van der Waals surface area contributed by atoms with Gasteiger partial charge in [-0.05, 0) is 18.6 Å². The maximum absolute atomic E-state index is 5.55. The van der Waals surface area contributed by atoms with Crippen molar-refractivity contribution in [1.82, 2.24) is 9.78 Å². The van der Waals surface area contributed by atoms with E-state index in [4.69, 9.17) is 5.73 Å². The summed E-state index contributed by atoms with van der Waals surface area (Å²) in [6, 6.07) is 6.18. The SMILES string of the molecule is Cc1c2ccc(CN)cc2nn1C. The number of nitrogens with zero attached hydrogens (tertiary/aromatic N) is 2. The van der Waals surface area contributed by atoms with Crippen molar-refractivity contribution < 1.29 is 0 Å². The molecule has 2 rings (SSSR count). The maximum Gasteiger partial charge on any atom is 0.0929 e. The molecule has 1 aromatic heterocycles. The molecule has 3 heteroatoms. The maximum atomic E-state index is 5.55. The fraction of sp³-hybridized carbons (Fsp3) is 0.300. The quantitative estimate of drug-likeness (QED) is 0.710. The Hall–Kier alpha value is -1.35. The van der Waals surface area contributed by atoms with Gasteiger partial charge in [0.2, 0.25) is 0 Å². The van der Waals surface area contributed by atoms with Crippen molar-refractivity contribution in [2.24, 2.45) is 12.8 Å². The molecule has 0 aliphatic heterocycles. The molecule has 0 unspecified atom stereocenters. The molecule has 0 saturated carbocycles. The molecule has 0 saturated heterocycles. The highest BCUT2D eigenvalue weighted by Crippen LogP contribution is 2.17. The van der Waals surface area contributed by atoms with Gasteiger partial charge in [-0.15, -0.1) is 0 Å². The van der Waals surface area contributed by atoms with Crippen molar-refractivity contribution in [3.8, 4) is 0 Å². The van der Waals surface area contributed by atoms with Crippen molar-refractivity contribution in [1.29, 1.82) is 0 Å². The van der Waals surface area contributed by atoms with Gasteiger partial charge in [0.15, 0.2) is 0 Å². The predicted molar refractivity (Wildman–Crippen MR) is 53.3 cm³/mol. The van der Waals surface area contributed by atoms with Gasteiger partial charge in [-0.25, -0.2) is 0 Å². The van der Waals surface area contributed by atoms with Crippen LogP contribution in [0.3, 0.4) is 0 Å². The Labute approximate surface area is 77.2 Å². The topological polar surface area (TPSA) is 43.8 Å². The Balaban J connectivity index is 2.73. The molecule has 68 valence electrons.